The van der Waals surface area contributed by atoms with E-state index in [4.69, 9.17) is 5.11 Å². The zero-order valence-corrected chi connectivity index (χ0v) is 10.7. The Bertz CT molecular complexity index is 571. The van der Waals surface area contributed by atoms with Gasteiger partial charge in [0.15, 0.2) is 0 Å². The number of aliphatic carboxylic acids is 1. The standard InChI is InChI=1S/C11H13N3O2S/c1-6-10(7(2)14(3)13-6)11-12-8(5-17-11)4-9(15)16/h5H,4H2,1-3H3,(H,15,16). The number of nitrogens with zero attached hydrogens (tertiary/aromatic N) is 3. The van der Waals surface area contributed by atoms with Gasteiger partial charge in [-0.3, -0.25) is 9.48 Å². The molecule has 2 aromatic rings. The minimum Gasteiger partial charge on any atom is -0.481 e. The Hall–Kier alpha value is -1.69. The summed E-state index contributed by atoms with van der Waals surface area (Å²) in [5.41, 5.74) is 3.56. The van der Waals surface area contributed by atoms with E-state index in [2.05, 4.69) is 10.1 Å². The van der Waals surface area contributed by atoms with Crippen molar-refractivity contribution in [2.75, 3.05) is 0 Å². The van der Waals surface area contributed by atoms with E-state index in [-0.39, 0.29) is 6.42 Å². The molecule has 0 unspecified atom stereocenters. The van der Waals surface area contributed by atoms with Crippen LogP contribution in [0.2, 0.25) is 0 Å². The maximum atomic E-state index is 10.6. The molecule has 0 aliphatic rings. The minimum atomic E-state index is -0.860. The summed E-state index contributed by atoms with van der Waals surface area (Å²) in [5.74, 6) is -0.860. The van der Waals surface area contributed by atoms with Crippen LogP contribution in [-0.2, 0) is 18.3 Å². The van der Waals surface area contributed by atoms with Gasteiger partial charge in [-0.2, -0.15) is 5.10 Å². The van der Waals surface area contributed by atoms with Crippen LogP contribution in [0.3, 0.4) is 0 Å². The zero-order chi connectivity index (χ0) is 12.6. The van der Waals surface area contributed by atoms with E-state index in [0.29, 0.717) is 5.69 Å². The lowest BCUT2D eigenvalue weighted by atomic mass is 10.2. The summed E-state index contributed by atoms with van der Waals surface area (Å²) in [4.78, 5) is 14.9. The van der Waals surface area contributed by atoms with Gasteiger partial charge in [-0.25, -0.2) is 4.98 Å². The first-order valence-electron chi connectivity index (χ1n) is 5.15. The Labute approximate surface area is 103 Å². The van der Waals surface area contributed by atoms with Crippen molar-refractivity contribution >= 4 is 17.3 Å². The van der Waals surface area contributed by atoms with Crippen LogP contribution < -0.4 is 0 Å². The number of carboxylic acid groups (broad SMARTS) is 1. The van der Waals surface area contributed by atoms with Crippen LogP contribution in [0, 0.1) is 13.8 Å². The molecule has 5 nitrogen and oxygen atoms in total. The molecule has 0 spiro atoms. The summed E-state index contributed by atoms with van der Waals surface area (Å²) in [5, 5.41) is 15.7. The lowest BCUT2D eigenvalue weighted by molar-refractivity contribution is -0.136. The van der Waals surface area contributed by atoms with E-state index in [9.17, 15) is 4.79 Å². The highest BCUT2D eigenvalue weighted by atomic mass is 32.1. The van der Waals surface area contributed by atoms with Crippen molar-refractivity contribution in [2.45, 2.75) is 20.3 Å². The van der Waals surface area contributed by atoms with E-state index in [1.54, 1.807) is 5.38 Å². The number of carboxylic acids is 1. The molecular formula is C11H13N3O2S. The van der Waals surface area contributed by atoms with Crippen LogP contribution in [0.25, 0.3) is 10.6 Å². The molecular weight excluding hydrogens is 238 g/mol. The molecule has 0 bridgehead atoms. The molecule has 0 amide bonds. The van der Waals surface area contributed by atoms with Gasteiger partial charge in [0.2, 0.25) is 0 Å². The number of aryl methyl sites for hydroxylation is 2. The second-order valence-electron chi connectivity index (χ2n) is 3.88. The third-order valence-corrected chi connectivity index (χ3v) is 3.52. The van der Waals surface area contributed by atoms with Crippen LogP contribution in [-0.4, -0.2) is 25.8 Å². The molecule has 0 aliphatic heterocycles. The number of aromatic nitrogens is 3. The van der Waals surface area contributed by atoms with Crippen LogP contribution in [0.15, 0.2) is 5.38 Å². The molecule has 0 aliphatic carbocycles. The fourth-order valence-electron chi connectivity index (χ4n) is 1.74. The van der Waals surface area contributed by atoms with Crippen molar-refractivity contribution in [1.82, 2.24) is 14.8 Å². The maximum Gasteiger partial charge on any atom is 0.309 e. The van der Waals surface area contributed by atoms with Gasteiger partial charge < -0.3 is 5.11 Å². The molecule has 0 fully saturated rings. The molecule has 2 aromatic heterocycles. The van der Waals surface area contributed by atoms with E-state index >= 15 is 0 Å². The number of carbonyl (C=O) groups is 1. The fraction of sp³-hybridized carbons (Fsp3) is 0.364. The summed E-state index contributed by atoms with van der Waals surface area (Å²) >= 11 is 1.46. The van der Waals surface area contributed by atoms with Crippen LogP contribution in [0.4, 0.5) is 0 Å². The lowest BCUT2D eigenvalue weighted by Gasteiger charge is -1.96. The molecule has 2 rings (SSSR count). The number of thiazole rings is 1. The first-order valence-corrected chi connectivity index (χ1v) is 6.03. The van der Waals surface area contributed by atoms with E-state index < -0.39 is 5.97 Å². The molecule has 17 heavy (non-hydrogen) atoms. The van der Waals surface area contributed by atoms with E-state index in [1.807, 2.05) is 25.6 Å². The Morgan fingerprint density at radius 3 is 2.76 bits per heavy atom. The summed E-state index contributed by atoms with van der Waals surface area (Å²) < 4.78 is 1.81. The van der Waals surface area contributed by atoms with Crippen molar-refractivity contribution in [2.24, 2.45) is 7.05 Å². The van der Waals surface area contributed by atoms with Crippen LogP contribution >= 0.6 is 11.3 Å². The van der Waals surface area contributed by atoms with Gasteiger partial charge in [-0.1, -0.05) is 0 Å². The highest BCUT2D eigenvalue weighted by molar-refractivity contribution is 7.13. The highest BCUT2D eigenvalue weighted by Crippen LogP contribution is 2.29. The molecule has 0 radical (unpaired) electrons. The van der Waals surface area contributed by atoms with Crippen LogP contribution in [0.5, 0.6) is 0 Å². The molecule has 0 saturated heterocycles. The predicted octanol–water partition coefficient (Wildman–Crippen LogP) is 1.79. The van der Waals surface area contributed by atoms with E-state index in [0.717, 1.165) is 22.0 Å². The van der Waals surface area contributed by atoms with Crippen LogP contribution in [0.1, 0.15) is 17.1 Å². The topological polar surface area (TPSA) is 68.0 Å². The molecule has 90 valence electrons. The average Bonchev–Trinajstić information content (AvgIpc) is 2.73. The van der Waals surface area contributed by atoms with Gasteiger partial charge in [-0.05, 0) is 13.8 Å². The molecule has 2 heterocycles. The third-order valence-electron chi connectivity index (χ3n) is 2.61. The largest absolute Gasteiger partial charge is 0.481 e. The third kappa shape index (κ3) is 2.21. The lowest BCUT2D eigenvalue weighted by Crippen LogP contribution is -2.00. The monoisotopic (exact) mass is 251 g/mol. The van der Waals surface area contributed by atoms with Gasteiger partial charge in [0.25, 0.3) is 0 Å². The second-order valence-corrected chi connectivity index (χ2v) is 4.74. The van der Waals surface area contributed by atoms with Crippen molar-refractivity contribution in [1.29, 1.82) is 0 Å². The number of hydrogen-bond donors (Lipinski definition) is 1. The van der Waals surface area contributed by atoms with Crippen molar-refractivity contribution in [3.05, 3.63) is 22.5 Å². The van der Waals surface area contributed by atoms with Gasteiger partial charge in [-0.15, -0.1) is 11.3 Å². The van der Waals surface area contributed by atoms with Gasteiger partial charge in [0.05, 0.1) is 23.4 Å². The molecule has 1 N–H and O–H groups in total. The minimum absolute atomic E-state index is 0.0329. The number of hydrogen-bond acceptors (Lipinski definition) is 4. The first-order chi connectivity index (χ1) is 7.99. The SMILES string of the molecule is Cc1nn(C)c(C)c1-c1nc(CC(=O)O)cs1. The van der Waals surface area contributed by atoms with Gasteiger partial charge >= 0.3 is 5.97 Å². The summed E-state index contributed by atoms with van der Waals surface area (Å²) in [6.07, 6.45) is -0.0329. The van der Waals surface area contributed by atoms with Crippen molar-refractivity contribution in [3.63, 3.8) is 0 Å². The second kappa shape index (κ2) is 4.29. The maximum absolute atomic E-state index is 10.6. The van der Waals surface area contributed by atoms with Crippen molar-refractivity contribution < 1.29 is 9.90 Å². The average molecular weight is 251 g/mol. The van der Waals surface area contributed by atoms with Gasteiger partial charge in [0, 0.05) is 18.1 Å². The van der Waals surface area contributed by atoms with Crippen molar-refractivity contribution in [3.8, 4) is 10.6 Å². The smallest absolute Gasteiger partial charge is 0.309 e. The predicted molar refractivity (Wildman–Crippen MR) is 65.1 cm³/mol. The first kappa shape index (κ1) is 11.8. The van der Waals surface area contributed by atoms with E-state index in [1.165, 1.54) is 11.3 Å². The Morgan fingerprint density at radius 1 is 1.53 bits per heavy atom. The highest BCUT2D eigenvalue weighted by Gasteiger charge is 2.15. The zero-order valence-electron chi connectivity index (χ0n) is 9.89. The Kier molecular flexibility index (Phi) is 2.97. The molecule has 0 atom stereocenters. The normalized spacial score (nSPS) is 10.8. The van der Waals surface area contributed by atoms with Gasteiger partial charge in [0.1, 0.15) is 5.01 Å². The Balaban J connectivity index is 2.40. The number of rotatable bonds is 3. The summed E-state index contributed by atoms with van der Waals surface area (Å²) in [6.45, 7) is 3.91. The molecule has 0 saturated carbocycles. The summed E-state index contributed by atoms with van der Waals surface area (Å²) in [7, 11) is 1.89. The quantitative estimate of drug-likeness (QED) is 0.903. The molecule has 6 heteroatoms. The fourth-order valence-corrected chi connectivity index (χ4v) is 2.71. The summed E-state index contributed by atoms with van der Waals surface area (Å²) in [6, 6.07) is 0. The Morgan fingerprint density at radius 2 is 2.24 bits per heavy atom. The molecule has 0 aromatic carbocycles.